The first-order chi connectivity index (χ1) is 47.0. The molecule has 0 bridgehead atoms. The van der Waals surface area contributed by atoms with Gasteiger partial charge in [0, 0.05) is 25.7 Å². The summed E-state index contributed by atoms with van der Waals surface area (Å²) in [6.45, 7) is 7.25. The molecule has 3 N–H and O–H groups in total. The fraction of sp³-hybridized carbons (Fsp3) is 0.949. The van der Waals surface area contributed by atoms with Crippen molar-refractivity contribution in [1.82, 2.24) is 0 Å². The van der Waals surface area contributed by atoms with Gasteiger partial charge in [-0.2, -0.15) is 0 Å². The number of carbonyl (C=O) groups is 4. The van der Waals surface area contributed by atoms with Gasteiger partial charge in [-0.1, -0.05) is 362 Å². The molecule has 0 heterocycles. The number of carbonyl (C=O) groups excluding carboxylic acids is 4. The second-order valence-corrected chi connectivity index (χ2v) is 31.5. The molecule has 0 aliphatic carbocycles. The zero-order chi connectivity index (χ0) is 71.2. The molecule has 0 saturated carbocycles. The molecule has 0 aliphatic heterocycles. The van der Waals surface area contributed by atoms with Crippen LogP contribution < -0.4 is 0 Å². The summed E-state index contributed by atoms with van der Waals surface area (Å²) in [6.07, 6.45) is 61.2. The molecule has 0 spiro atoms. The van der Waals surface area contributed by atoms with Crippen molar-refractivity contribution in [3.05, 3.63) is 0 Å². The number of phosphoric acid groups is 2. The van der Waals surface area contributed by atoms with Gasteiger partial charge in [0.1, 0.15) is 19.3 Å². The third-order valence-corrected chi connectivity index (χ3v) is 20.2. The van der Waals surface area contributed by atoms with Gasteiger partial charge in [0.05, 0.1) is 26.4 Å². The molecule has 0 rings (SSSR count). The zero-order valence-electron chi connectivity index (χ0n) is 63.2. The van der Waals surface area contributed by atoms with Gasteiger partial charge in [-0.3, -0.25) is 37.3 Å². The smallest absolute Gasteiger partial charge is 0.462 e. The Morgan fingerprint density at radius 1 is 0.278 bits per heavy atom. The van der Waals surface area contributed by atoms with Gasteiger partial charge in [-0.15, -0.1) is 0 Å². The van der Waals surface area contributed by atoms with Crippen LogP contribution in [0.4, 0.5) is 0 Å². The van der Waals surface area contributed by atoms with E-state index in [1.807, 2.05) is 0 Å². The lowest BCUT2D eigenvalue weighted by atomic mass is 10.0. The van der Waals surface area contributed by atoms with E-state index in [-0.39, 0.29) is 25.7 Å². The minimum Gasteiger partial charge on any atom is -0.462 e. The minimum atomic E-state index is -4.96. The Labute approximate surface area is 594 Å². The van der Waals surface area contributed by atoms with E-state index in [1.54, 1.807) is 0 Å². The highest BCUT2D eigenvalue weighted by Crippen LogP contribution is 2.45. The Morgan fingerprint density at radius 3 is 0.701 bits per heavy atom. The molecular weight excluding hydrogens is 1270 g/mol. The molecule has 97 heavy (non-hydrogen) atoms. The quantitative estimate of drug-likeness (QED) is 0.0222. The second kappa shape index (κ2) is 71.1. The minimum absolute atomic E-state index is 0.106. The van der Waals surface area contributed by atoms with Gasteiger partial charge in [0.25, 0.3) is 0 Å². The Balaban J connectivity index is 5.19. The van der Waals surface area contributed by atoms with Crippen molar-refractivity contribution in [2.24, 2.45) is 5.92 Å². The molecule has 5 atom stereocenters. The van der Waals surface area contributed by atoms with Crippen LogP contribution >= 0.6 is 15.6 Å². The van der Waals surface area contributed by atoms with E-state index in [2.05, 4.69) is 34.6 Å². The number of ether oxygens (including phenoxy) is 4. The summed E-state index contributed by atoms with van der Waals surface area (Å²) in [4.78, 5) is 72.8. The summed E-state index contributed by atoms with van der Waals surface area (Å²) in [5, 5.41) is 10.6. The van der Waals surface area contributed by atoms with Gasteiger partial charge in [0.2, 0.25) is 0 Å². The van der Waals surface area contributed by atoms with E-state index in [1.165, 1.54) is 231 Å². The Bertz CT molecular complexity index is 1860. The molecule has 17 nitrogen and oxygen atoms in total. The van der Waals surface area contributed by atoms with E-state index < -0.39 is 97.5 Å². The standard InChI is InChI=1S/C78H152O17P2/c1-6-9-12-15-18-21-23-25-27-29-30-31-33-35-37-39-43-48-53-58-63-77(82)94-74(68-89-76(81)62-57-52-47-42-38-36-34-32-28-26-24-22-19-16-13-10-7-2)70-93-97(86,87)91-66-72(79)65-90-96(84,85)92-69-73(67-88-75(80)61-56-51-46-20-17-14-11-8-3)95-78(83)64-59-54-49-44-40-41-45-50-55-60-71(4)5/h71-74,79H,6-70H2,1-5H3,(H,84,85)(H,86,87)/t72-,73+,74+/m0/s1. The highest BCUT2D eigenvalue weighted by Gasteiger charge is 2.30. The monoisotopic (exact) mass is 1420 g/mol. The van der Waals surface area contributed by atoms with Crippen molar-refractivity contribution in [2.75, 3.05) is 39.6 Å². The molecule has 0 aromatic heterocycles. The molecule has 0 aliphatic rings. The van der Waals surface area contributed by atoms with Crippen molar-refractivity contribution in [3.63, 3.8) is 0 Å². The maximum absolute atomic E-state index is 13.1. The molecule has 576 valence electrons. The predicted molar refractivity (Wildman–Crippen MR) is 395 cm³/mol. The number of aliphatic hydroxyl groups is 1. The zero-order valence-corrected chi connectivity index (χ0v) is 65.0. The number of phosphoric ester groups is 2. The van der Waals surface area contributed by atoms with Crippen LogP contribution in [0.3, 0.4) is 0 Å². The molecule has 2 unspecified atom stereocenters. The maximum atomic E-state index is 13.1. The lowest BCUT2D eigenvalue weighted by Gasteiger charge is -2.21. The fourth-order valence-corrected chi connectivity index (χ4v) is 13.6. The van der Waals surface area contributed by atoms with Crippen LogP contribution in [0, 0.1) is 5.92 Å². The molecule has 0 saturated heterocycles. The van der Waals surface area contributed by atoms with Gasteiger partial charge in [-0.25, -0.2) is 9.13 Å². The first-order valence-electron chi connectivity index (χ1n) is 40.6. The van der Waals surface area contributed by atoms with E-state index >= 15 is 0 Å². The summed E-state index contributed by atoms with van der Waals surface area (Å²) < 4.78 is 68.5. The third-order valence-electron chi connectivity index (χ3n) is 18.3. The van der Waals surface area contributed by atoms with Crippen LogP contribution in [0.25, 0.3) is 0 Å². The first-order valence-corrected chi connectivity index (χ1v) is 43.6. The highest BCUT2D eigenvalue weighted by molar-refractivity contribution is 7.47. The number of esters is 4. The fourth-order valence-electron chi connectivity index (χ4n) is 12.1. The normalized spacial score (nSPS) is 13.9. The lowest BCUT2D eigenvalue weighted by Crippen LogP contribution is -2.30. The van der Waals surface area contributed by atoms with E-state index in [0.29, 0.717) is 25.7 Å². The second-order valence-electron chi connectivity index (χ2n) is 28.6. The SMILES string of the molecule is CCCCCCCCCCCCCCCCCCCCCCC(=O)O[C@H](COC(=O)CCCCCCCCCCCCCCCCCCC)COP(=O)(O)OC[C@@H](O)COP(=O)(O)OC[C@@H](COC(=O)CCCCCCCCCC)OC(=O)CCCCCCCCCCCC(C)C. The number of unbranched alkanes of at least 4 members (excludes halogenated alkanes) is 50. The number of rotatable bonds is 78. The molecule has 0 amide bonds. The van der Waals surface area contributed by atoms with E-state index in [4.69, 9.17) is 37.0 Å². The highest BCUT2D eigenvalue weighted by atomic mass is 31.2. The predicted octanol–water partition coefficient (Wildman–Crippen LogP) is 23.3. The maximum Gasteiger partial charge on any atom is 0.472 e. The Morgan fingerprint density at radius 2 is 0.474 bits per heavy atom. The third kappa shape index (κ3) is 72.2. The van der Waals surface area contributed by atoms with Crippen molar-refractivity contribution in [3.8, 4) is 0 Å². The summed E-state index contributed by atoms with van der Waals surface area (Å²) in [5.74, 6) is -1.38. The summed E-state index contributed by atoms with van der Waals surface area (Å²) in [7, 11) is -9.91. The van der Waals surface area contributed by atoms with Crippen molar-refractivity contribution in [2.45, 2.75) is 432 Å². The summed E-state index contributed by atoms with van der Waals surface area (Å²) >= 11 is 0. The number of hydrogen-bond donors (Lipinski definition) is 3. The molecular formula is C78H152O17P2. The number of aliphatic hydroxyl groups excluding tert-OH is 1. The van der Waals surface area contributed by atoms with Crippen LogP contribution in [0.15, 0.2) is 0 Å². The van der Waals surface area contributed by atoms with E-state index in [0.717, 1.165) is 102 Å². The van der Waals surface area contributed by atoms with Gasteiger partial charge >= 0.3 is 39.5 Å². The Kier molecular flexibility index (Phi) is 69.6. The van der Waals surface area contributed by atoms with Crippen molar-refractivity contribution >= 4 is 39.5 Å². The first kappa shape index (κ1) is 95.1. The van der Waals surface area contributed by atoms with Crippen LogP contribution in [-0.4, -0.2) is 96.7 Å². The van der Waals surface area contributed by atoms with Crippen molar-refractivity contribution < 1.29 is 80.2 Å². The number of hydrogen-bond acceptors (Lipinski definition) is 15. The van der Waals surface area contributed by atoms with Crippen LogP contribution in [0.2, 0.25) is 0 Å². The van der Waals surface area contributed by atoms with Crippen LogP contribution in [0.5, 0.6) is 0 Å². The molecule has 19 heteroatoms. The van der Waals surface area contributed by atoms with Crippen LogP contribution in [-0.2, 0) is 65.4 Å². The van der Waals surface area contributed by atoms with Gasteiger partial charge in [-0.05, 0) is 31.6 Å². The molecule has 0 aromatic rings. The molecule has 0 radical (unpaired) electrons. The summed E-state index contributed by atoms with van der Waals surface area (Å²) in [6, 6.07) is 0. The van der Waals surface area contributed by atoms with Crippen LogP contribution in [0.1, 0.15) is 413 Å². The van der Waals surface area contributed by atoms with Gasteiger partial charge < -0.3 is 33.8 Å². The van der Waals surface area contributed by atoms with Gasteiger partial charge in [0.15, 0.2) is 12.2 Å². The van der Waals surface area contributed by atoms with Crippen molar-refractivity contribution in [1.29, 1.82) is 0 Å². The average Bonchev–Trinajstić information content (AvgIpc) is 2.07. The molecule has 0 aromatic carbocycles. The average molecular weight is 1420 g/mol. The lowest BCUT2D eigenvalue weighted by molar-refractivity contribution is -0.161. The topological polar surface area (TPSA) is 237 Å². The Hall–Kier alpha value is -1.94. The largest absolute Gasteiger partial charge is 0.472 e. The van der Waals surface area contributed by atoms with E-state index in [9.17, 15) is 43.2 Å². The summed E-state index contributed by atoms with van der Waals surface area (Å²) in [5.41, 5.74) is 0. The molecule has 0 fully saturated rings.